The zero-order valence-corrected chi connectivity index (χ0v) is 19.0. The van der Waals surface area contributed by atoms with Crippen molar-refractivity contribution in [1.29, 1.82) is 0 Å². The molecule has 1 N–H and O–H groups in total. The maximum atomic E-state index is 13.3. The van der Waals surface area contributed by atoms with Crippen LogP contribution < -0.4 is 5.32 Å². The molecule has 0 radical (unpaired) electrons. The summed E-state index contributed by atoms with van der Waals surface area (Å²) in [6.07, 6.45) is 8.73. The third kappa shape index (κ3) is 3.92. The van der Waals surface area contributed by atoms with Crippen LogP contribution in [-0.2, 0) is 14.3 Å². The van der Waals surface area contributed by atoms with Gasteiger partial charge < -0.3 is 15.0 Å². The molecule has 1 saturated heterocycles. The first-order valence-corrected chi connectivity index (χ1v) is 11.6. The molecule has 2 fully saturated rings. The molecule has 4 heterocycles. The lowest BCUT2D eigenvalue weighted by Crippen LogP contribution is -2.43. The molecule has 1 saturated carbocycles. The molecule has 2 aliphatic heterocycles. The van der Waals surface area contributed by atoms with E-state index in [0.717, 1.165) is 55.6 Å². The molecule has 0 bridgehead atoms. The average molecular weight is 452 g/mol. The van der Waals surface area contributed by atoms with Gasteiger partial charge in [0.1, 0.15) is 12.9 Å². The largest absolute Gasteiger partial charge is 0.456 e. The van der Waals surface area contributed by atoms with Crippen LogP contribution in [0.2, 0.25) is 0 Å². The number of ether oxygens (including phenoxy) is 1. The number of likely N-dealkylation sites (tertiary alicyclic amines) is 1. The van der Waals surface area contributed by atoms with Crippen molar-refractivity contribution in [1.82, 2.24) is 35.4 Å². The van der Waals surface area contributed by atoms with E-state index in [-0.39, 0.29) is 29.9 Å². The summed E-state index contributed by atoms with van der Waals surface area (Å²) in [5.41, 5.74) is 2.84. The van der Waals surface area contributed by atoms with Crippen LogP contribution in [0.4, 0.5) is 0 Å². The standard InChI is InChI=1S/C23H29N7O3/c1-3-18(19-5-4-17(12-24-19)30-14-25-27-28-30)26-16-6-8-23(9-7-16)10-11-29(22(23)32)20-13-33-21(31)15(20)2/h4-5,12,14,16,18,26H,3,6-11,13H2,1-2H3. The predicted octanol–water partition coefficient (Wildman–Crippen LogP) is 2.09. The summed E-state index contributed by atoms with van der Waals surface area (Å²) in [7, 11) is 0. The predicted molar refractivity (Wildman–Crippen MR) is 118 cm³/mol. The van der Waals surface area contributed by atoms with Gasteiger partial charge in [0.15, 0.2) is 0 Å². The number of tetrazole rings is 1. The van der Waals surface area contributed by atoms with E-state index < -0.39 is 0 Å². The van der Waals surface area contributed by atoms with Gasteiger partial charge in [0, 0.05) is 18.6 Å². The number of hydrogen-bond donors (Lipinski definition) is 1. The molecule has 10 heteroatoms. The van der Waals surface area contributed by atoms with Gasteiger partial charge >= 0.3 is 5.97 Å². The van der Waals surface area contributed by atoms with Crippen molar-refractivity contribution in [2.24, 2.45) is 5.41 Å². The normalized spacial score (nSPS) is 26.4. The van der Waals surface area contributed by atoms with Gasteiger partial charge in [0.25, 0.3) is 0 Å². The Balaban J connectivity index is 1.20. The van der Waals surface area contributed by atoms with Crippen molar-refractivity contribution < 1.29 is 14.3 Å². The Bertz CT molecular complexity index is 1060. The lowest BCUT2D eigenvalue weighted by molar-refractivity contribution is -0.138. The fourth-order valence-electron chi connectivity index (χ4n) is 5.34. The van der Waals surface area contributed by atoms with Crippen LogP contribution >= 0.6 is 0 Å². The summed E-state index contributed by atoms with van der Waals surface area (Å²) in [4.78, 5) is 31.5. The zero-order valence-electron chi connectivity index (χ0n) is 19.0. The van der Waals surface area contributed by atoms with Gasteiger partial charge in [0.2, 0.25) is 5.91 Å². The molecule has 5 rings (SSSR count). The number of pyridine rings is 1. The van der Waals surface area contributed by atoms with Crippen LogP contribution in [0.15, 0.2) is 35.9 Å². The molecule has 1 spiro atoms. The Morgan fingerprint density at radius 2 is 2.06 bits per heavy atom. The highest BCUT2D eigenvalue weighted by molar-refractivity contribution is 5.94. The quantitative estimate of drug-likeness (QED) is 0.664. The fourth-order valence-corrected chi connectivity index (χ4v) is 5.34. The summed E-state index contributed by atoms with van der Waals surface area (Å²) in [5, 5.41) is 15.0. The highest BCUT2D eigenvalue weighted by Crippen LogP contribution is 2.46. The van der Waals surface area contributed by atoms with Crippen molar-refractivity contribution in [2.45, 2.75) is 64.5 Å². The van der Waals surface area contributed by atoms with Gasteiger partial charge in [-0.2, -0.15) is 4.68 Å². The van der Waals surface area contributed by atoms with E-state index in [1.54, 1.807) is 29.0 Å². The molecular weight excluding hydrogens is 422 g/mol. The fraction of sp³-hybridized carbons (Fsp3) is 0.565. The molecule has 1 unspecified atom stereocenters. The first-order valence-electron chi connectivity index (χ1n) is 11.6. The maximum absolute atomic E-state index is 13.3. The number of esters is 1. The van der Waals surface area contributed by atoms with E-state index >= 15 is 0 Å². The van der Waals surface area contributed by atoms with Gasteiger partial charge in [-0.1, -0.05) is 6.92 Å². The molecule has 2 aromatic rings. The number of nitrogens with zero attached hydrogens (tertiary/aromatic N) is 6. The van der Waals surface area contributed by atoms with Crippen molar-refractivity contribution in [3.05, 3.63) is 41.6 Å². The average Bonchev–Trinajstić information content (AvgIpc) is 3.56. The lowest BCUT2D eigenvalue weighted by atomic mass is 9.71. The van der Waals surface area contributed by atoms with Crippen LogP contribution in [0.5, 0.6) is 0 Å². The van der Waals surface area contributed by atoms with Crippen LogP contribution in [0, 0.1) is 5.41 Å². The number of hydrogen-bond acceptors (Lipinski definition) is 8. The van der Waals surface area contributed by atoms with Gasteiger partial charge in [-0.05, 0) is 68.0 Å². The Kier molecular flexibility index (Phi) is 5.69. The topological polar surface area (TPSA) is 115 Å². The van der Waals surface area contributed by atoms with Crippen molar-refractivity contribution in [3.63, 3.8) is 0 Å². The number of nitrogens with one attached hydrogen (secondary N) is 1. The summed E-state index contributed by atoms with van der Waals surface area (Å²) in [5.74, 6) is -0.141. The van der Waals surface area contributed by atoms with E-state index in [4.69, 9.17) is 4.74 Å². The molecule has 10 nitrogen and oxygen atoms in total. The smallest absolute Gasteiger partial charge is 0.336 e. The first kappa shape index (κ1) is 21.7. The second-order valence-corrected chi connectivity index (χ2v) is 9.23. The number of aromatic nitrogens is 5. The summed E-state index contributed by atoms with van der Waals surface area (Å²) < 4.78 is 6.71. The van der Waals surface area contributed by atoms with Crippen LogP contribution in [0.3, 0.4) is 0 Å². The van der Waals surface area contributed by atoms with E-state index in [1.807, 2.05) is 12.1 Å². The lowest BCUT2D eigenvalue weighted by Gasteiger charge is -2.37. The SMILES string of the molecule is CCC(NC1CCC2(CC1)CCN(C1=C(C)C(=O)OC1)C2=O)c1ccc(-n2cnnn2)cn1. The molecule has 1 atom stereocenters. The van der Waals surface area contributed by atoms with E-state index in [9.17, 15) is 9.59 Å². The van der Waals surface area contributed by atoms with Gasteiger partial charge in [-0.25, -0.2) is 4.79 Å². The van der Waals surface area contributed by atoms with Gasteiger partial charge in [0.05, 0.1) is 34.3 Å². The number of rotatable bonds is 6. The van der Waals surface area contributed by atoms with Gasteiger partial charge in [-0.3, -0.25) is 9.78 Å². The van der Waals surface area contributed by atoms with Crippen molar-refractivity contribution in [3.8, 4) is 5.69 Å². The second kappa shape index (κ2) is 8.66. The van der Waals surface area contributed by atoms with Crippen LogP contribution in [0.1, 0.15) is 64.1 Å². The van der Waals surface area contributed by atoms with Gasteiger partial charge in [-0.15, -0.1) is 5.10 Å². The number of amides is 1. The third-order valence-electron chi connectivity index (χ3n) is 7.45. The maximum Gasteiger partial charge on any atom is 0.336 e. The van der Waals surface area contributed by atoms with E-state index in [1.165, 1.54) is 0 Å². The summed E-state index contributed by atoms with van der Waals surface area (Å²) >= 11 is 0. The Labute approximate surface area is 192 Å². The Hall–Kier alpha value is -3.14. The molecule has 3 aliphatic rings. The monoisotopic (exact) mass is 451 g/mol. The van der Waals surface area contributed by atoms with Crippen molar-refractivity contribution >= 4 is 11.9 Å². The molecule has 1 aliphatic carbocycles. The minimum atomic E-state index is -0.308. The highest BCUT2D eigenvalue weighted by Gasteiger charge is 2.50. The highest BCUT2D eigenvalue weighted by atomic mass is 16.5. The third-order valence-corrected chi connectivity index (χ3v) is 7.45. The summed E-state index contributed by atoms with van der Waals surface area (Å²) in [6.45, 7) is 4.79. The zero-order chi connectivity index (χ0) is 23.0. The van der Waals surface area contributed by atoms with Crippen molar-refractivity contribution in [2.75, 3.05) is 13.2 Å². The van der Waals surface area contributed by atoms with E-state index in [2.05, 4.69) is 32.7 Å². The second-order valence-electron chi connectivity index (χ2n) is 9.23. The molecule has 2 aromatic heterocycles. The van der Waals surface area contributed by atoms with Crippen LogP contribution in [-0.4, -0.2) is 61.2 Å². The molecule has 1 amide bonds. The Morgan fingerprint density at radius 1 is 1.24 bits per heavy atom. The molecule has 33 heavy (non-hydrogen) atoms. The molecule has 0 aromatic carbocycles. The van der Waals surface area contributed by atoms with Crippen LogP contribution in [0.25, 0.3) is 5.69 Å². The minimum Gasteiger partial charge on any atom is -0.456 e. The Morgan fingerprint density at radius 3 is 2.67 bits per heavy atom. The number of carbonyl (C=O) groups excluding carboxylic acids is 2. The van der Waals surface area contributed by atoms with E-state index in [0.29, 0.717) is 18.2 Å². The summed E-state index contributed by atoms with van der Waals surface area (Å²) in [6, 6.07) is 4.48. The molecular formula is C23H29N7O3. The minimum absolute atomic E-state index is 0.150. The molecule has 174 valence electrons. The first-order chi connectivity index (χ1) is 16.0. The number of carbonyl (C=O) groups is 2. The number of cyclic esters (lactones) is 1.